The van der Waals surface area contributed by atoms with Crippen molar-refractivity contribution in [2.24, 2.45) is 0 Å². The molecule has 0 spiro atoms. The van der Waals surface area contributed by atoms with Crippen molar-refractivity contribution in [2.45, 2.75) is 26.9 Å². The van der Waals surface area contributed by atoms with Crippen LogP contribution >= 0.6 is 0 Å². The lowest BCUT2D eigenvalue weighted by Gasteiger charge is -2.30. The predicted molar refractivity (Wildman–Crippen MR) is 100 cm³/mol. The van der Waals surface area contributed by atoms with Crippen LogP contribution in [0.25, 0.3) is 5.69 Å². The summed E-state index contributed by atoms with van der Waals surface area (Å²) in [6.45, 7) is 8.27. The molecular formula is C20H24N4O2. The van der Waals surface area contributed by atoms with Gasteiger partial charge in [-0.05, 0) is 38.5 Å². The number of hydrogen-bond acceptors (Lipinski definition) is 4. The van der Waals surface area contributed by atoms with Gasteiger partial charge in [0, 0.05) is 24.5 Å². The van der Waals surface area contributed by atoms with Crippen molar-refractivity contribution in [1.82, 2.24) is 9.47 Å². The Kier molecular flexibility index (Phi) is 5.40. The van der Waals surface area contributed by atoms with E-state index in [0.29, 0.717) is 18.0 Å². The highest BCUT2D eigenvalue weighted by atomic mass is 16.5. The Balaban J connectivity index is 1.88. The topological polar surface area (TPSA) is 70.3 Å². The Labute approximate surface area is 154 Å². The van der Waals surface area contributed by atoms with Gasteiger partial charge in [-0.25, -0.2) is 0 Å². The number of benzene rings is 1. The molecule has 1 amide bonds. The summed E-state index contributed by atoms with van der Waals surface area (Å²) in [6, 6.07) is 12.0. The molecule has 1 N–H and O–H groups in total. The molecule has 0 aliphatic carbocycles. The van der Waals surface area contributed by atoms with Gasteiger partial charge in [0.05, 0.1) is 24.8 Å². The standard InChI is InChI=1S/C20H24N4O2/c1-14-12-23(9-10-26-14)13-19(25)22-20-18(11-21)15(2)16(3)24(20)17-7-5-4-6-8-17/h4-8,14H,9-10,12-13H2,1-3H3,(H,22,25)/t14-/m1/s1. The summed E-state index contributed by atoms with van der Waals surface area (Å²) < 4.78 is 7.46. The lowest BCUT2D eigenvalue weighted by atomic mass is 10.2. The van der Waals surface area contributed by atoms with Crippen LogP contribution < -0.4 is 5.32 Å². The average molecular weight is 352 g/mol. The molecule has 6 nitrogen and oxygen atoms in total. The van der Waals surface area contributed by atoms with E-state index in [-0.39, 0.29) is 18.6 Å². The molecule has 2 heterocycles. The van der Waals surface area contributed by atoms with E-state index < -0.39 is 0 Å². The van der Waals surface area contributed by atoms with E-state index in [1.54, 1.807) is 0 Å². The second-order valence-electron chi connectivity index (χ2n) is 6.68. The van der Waals surface area contributed by atoms with Crippen LogP contribution in [0.15, 0.2) is 30.3 Å². The molecule has 6 heteroatoms. The van der Waals surface area contributed by atoms with Gasteiger partial charge in [0.25, 0.3) is 0 Å². The first kappa shape index (κ1) is 18.2. The number of nitrogens with one attached hydrogen (secondary N) is 1. The zero-order valence-electron chi connectivity index (χ0n) is 15.5. The number of nitriles is 1. The van der Waals surface area contributed by atoms with Crippen LogP contribution in [0.5, 0.6) is 0 Å². The number of nitrogens with zero attached hydrogens (tertiary/aromatic N) is 3. The summed E-state index contributed by atoms with van der Waals surface area (Å²) in [5.74, 6) is 0.422. The van der Waals surface area contributed by atoms with Crippen molar-refractivity contribution >= 4 is 11.7 Å². The van der Waals surface area contributed by atoms with Crippen molar-refractivity contribution in [3.05, 3.63) is 47.2 Å². The van der Waals surface area contributed by atoms with Crippen molar-refractivity contribution in [1.29, 1.82) is 5.26 Å². The Morgan fingerprint density at radius 3 is 2.73 bits per heavy atom. The Morgan fingerprint density at radius 2 is 2.08 bits per heavy atom. The second-order valence-corrected chi connectivity index (χ2v) is 6.68. The number of para-hydroxylation sites is 1. The van der Waals surface area contributed by atoms with Crippen LogP contribution in [-0.4, -0.2) is 47.7 Å². The third kappa shape index (κ3) is 3.64. The van der Waals surface area contributed by atoms with Gasteiger partial charge in [0.2, 0.25) is 5.91 Å². The van der Waals surface area contributed by atoms with E-state index in [2.05, 4.69) is 16.3 Å². The number of rotatable bonds is 4. The summed E-state index contributed by atoms with van der Waals surface area (Å²) in [6.07, 6.45) is 0.129. The first-order chi connectivity index (χ1) is 12.5. The molecule has 2 aromatic rings. The van der Waals surface area contributed by atoms with Crippen LogP contribution in [0, 0.1) is 25.2 Å². The number of hydrogen-bond donors (Lipinski definition) is 1. The summed E-state index contributed by atoms with van der Waals surface area (Å²) >= 11 is 0. The minimum Gasteiger partial charge on any atom is -0.376 e. The molecule has 1 saturated heterocycles. The number of morpholine rings is 1. The summed E-state index contributed by atoms with van der Waals surface area (Å²) in [7, 11) is 0. The van der Waals surface area contributed by atoms with Gasteiger partial charge < -0.3 is 10.1 Å². The van der Waals surface area contributed by atoms with Gasteiger partial charge in [-0.15, -0.1) is 0 Å². The SMILES string of the molecule is Cc1c(C#N)c(NC(=O)CN2CCO[C@H](C)C2)n(-c2ccccc2)c1C. The number of carbonyl (C=O) groups excluding carboxylic acids is 1. The Bertz CT molecular complexity index is 836. The third-order valence-corrected chi connectivity index (χ3v) is 4.79. The lowest BCUT2D eigenvalue weighted by molar-refractivity contribution is -0.119. The molecule has 0 radical (unpaired) electrons. The summed E-state index contributed by atoms with van der Waals surface area (Å²) in [4.78, 5) is 14.7. The molecule has 1 atom stereocenters. The third-order valence-electron chi connectivity index (χ3n) is 4.79. The Morgan fingerprint density at radius 1 is 1.35 bits per heavy atom. The molecule has 1 aromatic heterocycles. The maximum atomic E-state index is 12.6. The van der Waals surface area contributed by atoms with Gasteiger partial charge in [-0.2, -0.15) is 5.26 Å². The molecule has 136 valence electrons. The van der Waals surface area contributed by atoms with Gasteiger partial charge >= 0.3 is 0 Å². The highest BCUT2D eigenvalue weighted by Gasteiger charge is 2.23. The van der Waals surface area contributed by atoms with E-state index in [4.69, 9.17) is 4.74 Å². The van der Waals surface area contributed by atoms with Gasteiger partial charge in [-0.1, -0.05) is 18.2 Å². The first-order valence-corrected chi connectivity index (χ1v) is 8.82. The quantitative estimate of drug-likeness (QED) is 0.918. The van der Waals surface area contributed by atoms with Crippen molar-refractivity contribution in [3.8, 4) is 11.8 Å². The maximum Gasteiger partial charge on any atom is 0.239 e. The number of aromatic nitrogens is 1. The fraction of sp³-hybridized carbons (Fsp3) is 0.400. The van der Waals surface area contributed by atoms with Gasteiger partial charge in [-0.3, -0.25) is 14.3 Å². The van der Waals surface area contributed by atoms with Gasteiger partial charge in [0.1, 0.15) is 11.9 Å². The average Bonchev–Trinajstić information content (AvgIpc) is 2.85. The fourth-order valence-corrected chi connectivity index (χ4v) is 3.37. The van der Waals surface area contributed by atoms with E-state index in [0.717, 1.165) is 30.0 Å². The zero-order chi connectivity index (χ0) is 18.7. The van der Waals surface area contributed by atoms with Crippen molar-refractivity contribution in [3.63, 3.8) is 0 Å². The van der Waals surface area contributed by atoms with E-state index >= 15 is 0 Å². The number of amides is 1. The van der Waals surface area contributed by atoms with E-state index in [1.165, 1.54) is 0 Å². The maximum absolute atomic E-state index is 12.6. The number of anilines is 1. The lowest BCUT2D eigenvalue weighted by Crippen LogP contribution is -2.44. The number of carbonyl (C=O) groups is 1. The monoisotopic (exact) mass is 352 g/mol. The van der Waals surface area contributed by atoms with Crippen LogP contribution in [0.2, 0.25) is 0 Å². The van der Waals surface area contributed by atoms with Crippen LogP contribution in [-0.2, 0) is 9.53 Å². The Hall–Kier alpha value is -2.62. The van der Waals surface area contributed by atoms with Crippen molar-refractivity contribution < 1.29 is 9.53 Å². The molecule has 0 bridgehead atoms. The van der Waals surface area contributed by atoms with E-state index in [1.807, 2.05) is 55.7 Å². The van der Waals surface area contributed by atoms with Crippen LogP contribution in [0.3, 0.4) is 0 Å². The molecule has 1 aliphatic heterocycles. The number of ether oxygens (including phenoxy) is 1. The molecule has 1 aromatic carbocycles. The largest absolute Gasteiger partial charge is 0.376 e. The van der Waals surface area contributed by atoms with E-state index in [9.17, 15) is 10.1 Å². The van der Waals surface area contributed by atoms with Crippen LogP contribution in [0.4, 0.5) is 5.82 Å². The first-order valence-electron chi connectivity index (χ1n) is 8.82. The van der Waals surface area contributed by atoms with Crippen LogP contribution in [0.1, 0.15) is 23.7 Å². The molecule has 1 fully saturated rings. The predicted octanol–water partition coefficient (Wildman–Crippen LogP) is 2.63. The molecule has 0 unspecified atom stereocenters. The summed E-state index contributed by atoms with van der Waals surface area (Å²) in [5, 5.41) is 12.6. The summed E-state index contributed by atoms with van der Waals surface area (Å²) in [5.41, 5.74) is 3.26. The molecular weight excluding hydrogens is 328 g/mol. The second kappa shape index (κ2) is 7.73. The molecule has 0 saturated carbocycles. The molecule has 26 heavy (non-hydrogen) atoms. The normalized spacial score (nSPS) is 17.7. The highest BCUT2D eigenvalue weighted by molar-refractivity contribution is 5.93. The highest BCUT2D eigenvalue weighted by Crippen LogP contribution is 2.29. The molecule has 3 rings (SSSR count). The minimum absolute atomic E-state index is 0.120. The molecule has 1 aliphatic rings. The zero-order valence-corrected chi connectivity index (χ0v) is 15.5. The fourth-order valence-electron chi connectivity index (χ4n) is 3.37. The minimum atomic E-state index is -0.120. The van der Waals surface area contributed by atoms with Gasteiger partial charge in [0.15, 0.2) is 0 Å². The van der Waals surface area contributed by atoms with Crippen molar-refractivity contribution in [2.75, 3.05) is 31.6 Å². The smallest absolute Gasteiger partial charge is 0.239 e.